The Labute approximate surface area is 142 Å². The van der Waals surface area contributed by atoms with Crippen LogP contribution in [0.15, 0.2) is 29.2 Å². The van der Waals surface area contributed by atoms with Crippen LogP contribution in [0.1, 0.15) is 40.5 Å². The van der Waals surface area contributed by atoms with Crippen molar-refractivity contribution in [2.24, 2.45) is 0 Å². The van der Waals surface area contributed by atoms with Gasteiger partial charge < -0.3 is 10.1 Å². The Morgan fingerprint density at radius 3 is 2.17 bits per heavy atom. The van der Waals surface area contributed by atoms with Gasteiger partial charge in [0.05, 0.1) is 17.9 Å². The maximum absolute atomic E-state index is 12.2. The molecule has 1 aromatic carbocycles. The molecule has 0 bridgehead atoms. The highest BCUT2D eigenvalue weighted by molar-refractivity contribution is 7.89. The summed E-state index contributed by atoms with van der Waals surface area (Å²) in [6.07, 6.45) is 0.00605. The number of nitrogens with one attached hydrogen (secondary N) is 2. The minimum absolute atomic E-state index is 0.00163. The number of carbonyl (C=O) groups is 2. The van der Waals surface area contributed by atoms with Crippen molar-refractivity contribution >= 4 is 27.6 Å². The van der Waals surface area contributed by atoms with Crippen molar-refractivity contribution in [2.45, 2.75) is 51.0 Å². The smallest absolute Gasteiger partial charge is 0.306 e. The standard InChI is InChI=1S/C16H24N2O5S/c1-5-23-15(20)11-10-14(19)17-12-6-8-13(9-7-12)24(21,22)18-16(2,3)4/h6-9,18H,5,10-11H2,1-4H3,(H,17,19). The van der Waals surface area contributed by atoms with Gasteiger partial charge in [0.15, 0.2) is 0 Å². The highest BCUT2D eigenvalue weighted by Crippen LogP contribution is 2.16. The Bertz CT molecular complexity index is 675. The lowest BCUT2D eigenvalue weighted by Crippen LogP contribution is -2.40. The highest BCUT2D eigenvalue weighted by atomic mass is 32.2. The lowest BCUT2D eigenvalue weighted by atomic mass is 10.1. The van der Waals surface area contributed by atoms with Gasteiger partial charge in [0.25, 0.3) is 0 Å². The van der Waals surface area contributed by atoms with Crippen LogP contribution in [0.3, 0.4) is 0 Å². The van der Waals surface area contributed by atoms with Gasteiger partial charge in [-0.1, -0.05) is 0 Å². The van der Waals surface area contributed by atoms with Crippen molar-refractivity contribution in [3.63, 3.8) is 0 Å². The molecule has 0 aromatic heterocycles. The molecule has 0 aliphatic rings. The summed E-state index contributed by atoms with van der Waals surface area (Å²) in [6, 6.07) is 5.82. The van der Waals surface area contributed by atoms with Gasteiger partial charge in [0.1, 0.15) is 0 Å². The van der Waals surface area contributed by atoms with Crippen LogP contribution in [0, 0.1) is 0 Å². The molecule has 1 aromatic rings. The molecule has 2 N–H and O–H groups in total. The molecule has 0 aliphatic carbocycles. The zero-order valence-electron chi connectivity index (χ0n) is 14.4. The first kappa shape index (κ1) is 20.1. The van der Waals surface area contributed by atoms with Gasteiger partial charge in [-0.05, 0) is 52.0 Å². The van der Waals surface area contributed by atoms with Crippen molar-refractivity contribution in [1.29, 1.82) is 0 Å². The molecule has 0 saturated carbocycles. The predicted molar refractivity (Wildman–Crippen MR) is 91.0 cm³/mol. The predicted octanol–water partition coefficient (Wildman–Crippen LogP) is 2.05. The average Bonchev–Trinajstić information content (AvgIpc) is 2.43. The molecule has 0 heterocycles. The highest BCUT2D eigenvalue weighted by Gasteiger charge is 2.21. The maximum atomic E-state index is 12.2. The third kappa shape index (κ3) is 7.10. The molecule has 0 saturated heterocycles. The Kier molecular flexibility index (Phi) is 6.92. The van der Waals surface area contributed by atoms with Gasteiger partial charge in [-0.15, -0.1) is 0 Å². The van der Waals surface area contributed by atoms with E-state index in [0.29, 0.717) is 5.69 Å². The average molecular weight is 356 g/mol. The summed E-state index contributed by atoms with van der Waals surface area (Å²) in [5.74, 6) is -0.770. The second kappa shape index (κ2) is 8.25. The lowest BCUT2D eigenvalue weighted by molar-refractivity contribution is -0.144. The van der Waals surface area contributed by atoms with Gasteiger partial charge >= 0.3 is 5.97 Å². The third-order valence-corrected chi connectivity index (χ3v) is 4.52. The third-order valence-electron chi connectivity index (χ3n) is 2.75. The molecular formula is C16H24N2O5S. The molecule has 24 heavy (non-hydrogen) atoms. The van der Waals surface area contributed by atoms with Gasteiger partial charge in [0, 0.05) is 17.6 Å². The number of sulfonamides is 1. The number of amides is 1. The number of carbonyl (C=O) groups excluding carboxylic acids is 2. The first-order valence-corrected chi connectivity index (χ1v) is 9.11. The van der Waals surface area contributed by atoms with Gasteiger partial charge in [-0.25, -0.2) is 13.1 Å². The van der Waals surface area contributed by atoms with Crippen LogP contribution in [0.5, 0.6) is 0 Å². The van der Waals surface area contributed by atoms with Crippen LogP contribution in [-0.2, 0) is 24.3 Å². The summed E-state index contributed by atoms with van der Waals surface area (Å²) in [4.78, 5) is 23.0. The minimum Gasteiger partial charge on any atom is -0.466 e. The fraction of sp³-hybridized carbons (Fsp3) is 0.500. The van der Waals surface area contributed by atoms with Crippen LogP contribution < -0.4 is 10.0 Å². The molecular weight excluding hydrogens is 332 g/mol. The number of anilines is 1. The van der Waals surface area contributed by atoms with E-state index in [2.05, 4.69) is 10.0 Å². The van der Waals surface area contributed by atoms with Crippen molar-refractivity contribution < 1.29 is 22.7 Å². The van der Waals surface area contributed by atoms with Crippen LogP contribution in [0.25, 0.3) is 0 Å². The van der Waals surface area contributed by atoms with Crippen molar-refractivity contribution in [3.8, 4) is 0 Å². The second-order valence-corrected chi connectivity index (χ2v) is 7.92. The largest absolute Gasteiger partial charge is 0.466 e. The van der Waals surface area contributed by atoms with Crippen LogP contribution in [0.2, 0.25) is 0 Å². The molecule has 0 radical (unpaired) electrons. The Morgan fingerprint density at radius 1 is 1.08 bits per heavy atom. The number of esters is 1. The molecule has 7 nitrogen and oxygen atoms in total. The number of hydrogen-bond acceptors (Lipinski definition) is 5. The number of ether oxygens (including phenoxy) is 1. The molecule has 0 fully saturated rings. The summed E-state index contributed by atoms with van der Waals surface area (Å²) in [5, 5.41) is 2.60. The van der Waals surface area contributed by atoms with E-state index in [1.54, 1.807) is 27.7 Å². The van der Waals surface area contributed by atoms with E-state index >= 15 is 0 Å². The Balaban J connectivity index is 2.65. The number of benzene rings is 1. The molecule has 0 atom stereocenters. The molecule has 0 unspecified atom stereocenters. The number of hydrogen-bond donors (Lipinski definition) is 2. The summed E-state index contributed by atoms with van der Waals surface area (Å²) in [7, 11) is -3.61. The summed E-state index contributed by atoms with van der Waals surface area (Å²) in [6.45, 7) is 7.23. The molecule has 134 valence electrons. The summed E-state index contributed by atoms with van der Waals surface area (Å²) in [5.41, 5.74) is -0.127. The van der Waals surface area contributed by atoms with E-state index in [-0.39, 0.29) is 30.3 Å². The molecule has 1 rings (SSSR count). The Hall–Kier alpha value is -1.93. The summed E-state index contributed by atoms with van der Waals surface area (Å²) >= 11 is 0. The SMILES string of the molecule is CCOC(=O)CCC(=O)Nc1ccc(S(=O)(=O)NC(C)(C)C)cc1. The zero-order valence-corrected chi connectivity index (χ0v) is 15.2. The normalized spacial score (nSPS) is 11.8. The van der Waals surface area contributed by atoms with Crippen LogP contribution in [0.4, 0.5) is 5.69 Å². The fourth-order valence-electron chi connectivity index (χ4n) is 1.85. The van der Waals surface area contributed by atoms with Gasteiger partial charge in [0.2, 0.25) is 15.9 Å². The summed E-state index contributed by atoms with van der Waals surface area (Å²) < 4.78 is 31.6. The minimum atomic E-state index is -3.61. The molecule has 0 spiro atoms. The van der Waals surface area contributed by atoms with Crippen LogP contribution >= 0.6 is 0 Å². The molecule has 0 aliphatic heterocycles. The van der Waals surface area contributed by atoms with Crippen molar-refractivity contribution in [2.75, 3.05) is 11.9 Å². The van der Waals surface area contributed by atoms with Crippen LogP contribution in [-0.4, -0.2) is 32.4 Å². The van der Waals surface area contributed by atoms with Gasteiger partial charge in [-0.3, -0.25) is 9.59 Å². The molecule has 8 heteroatoms. The first-order chi connectivity index (χ1) is 11.0. The zero-order chi connectivity index (χ0) is 18.4. The second-order valence-electron chi connectivity index (χ2n) is 6.23. The first-order valence-electron chi connectivity index (χ1n) is 7.63. The van der Waals surface area contributed by atoms with E-state index in [4.69, 9.17) is 4.74 Å². The topological polar surface area (TPSA) is 102 Å². The van der Waals surface area contributed by atoms with Gasteiger partial charge in [-0.2, -0.15) is 0 Å². The van der Waals surface area contributed by atoms with Crippen molar-refractivity contribution in [1.82, 2.24) is 4.72 Å². The maximum Gasteiger partial charge on any atom is 0.306 e. The Morgan fingerprint density at radius 2 is 1.67 bits per heavy atom. The van der Waals surface area contributed by atoms with Crippen molar-refractivity contribution in [3.05, 3.63) is 24.3 Å². The fourth-order valence-corrected chi connectivity index (χ4v) is 3.27. The van der Waals surface area contributed by atoms with E-state index in [1.807, 2.05) is 0 Å². The quantitative estimate of drug-likeness (QED) is 0.728. The van der Waals surface area contributed by atoms with E-state index in [0.717, 1.165) is 0 Å². The van der Waals surface area contributed by atoms with E-state index in [9.17, 15) is 18.0 Å². The monoisotopic (exact) mass is 356 g/mol. The molecule has 1 amide bonds. The number of rotatable bonds is 7. The van der Waals surface area contributed by atoms with E-state index < -0.39 is 21.5 Å². The lowest BCUT2D eigenvalue weighted by Gasteiger charge is -2.20. The van der Waals surface area contributed by atoms with E-state index in [1.165, 1.54) is 24.3 Å².